The number of fused-ring (bicyclic) bond motifs is 3. The quantitative estimate of drug-likeness (QED) is 0.383. The van der Waals surface area contributed by atoms with Crippen LogP contribution in [0.25, 0.3) is 37.9 Å². The van der Waals surface area contributed by atoms with Gasteiger partial charge in [-0.3, -0.25) is 4.57 Å². The van der Waals surface area contributed by atoms with Crippen molar-refractivity contribution in [3.63, 3.8) is 0 Å². The molecule has 0 bridgehead atoms. The lowest BCUT2D eigenvalue weighted by molar-refractivity contribution is 0.478. The normalized spacial score (nSPS) is 11.4. The first-order valence-electron chi connectivity index (χ1n) is 8.60. The van der Waals surface area contributed by atoms with Gasteiger partial charge in [0.15, 0.2) is 5.75 Å². The molecule has 26 heavy (non-hydrogen) atoms. The van der Waals surface area contributed by atoms with Crippen LogP contribution >= 0.6 is 11.3 Å². The van der Waals surface area contributed by atoms with Gasteiger partial charge in [-0.25, -0.2) is 0 Å². The third-order valence-corrected chi connectivity index (χ3v) is 5.92. The monoisotopic (exact) mass is 355 g/mol. The van der Waals surface area contributed by atoms with E-state index in [0.717, 1.165) is 32.7 Å². The average Bonchev–Trinajstić information content (AvgIpc) is 3.20. The first-order valence-corrected chi connectivity index (χ1v) is 9.48. The molecule has 0 radical (unpaired) electrons. The summed E-state index contributed by atoms with van der Waals surface area (Å²) in [5.41, 5.74) is 5.36. The molecule has 2 heterocycles. The van der Waals surface area contributed by atoms with Gasteiger partial charge in [-0.05, 0) is 30.2 Å². The fraction of sp³-hybridized carbons (Fsp3) is 0.0435. The number of para-hydroxylation sites is 2. The predicted octanol–water partition coefficient (Wildman–Crippen LogP) is 6.53. The molecule has 0 fully saturated rings. The topological polar surface area (TPSA) is 25.2 Å². The molecule has 126 valence electrons. The molecule has 3 heteroatoms. The molecule has 0 aliphatic rings. The summed E-state index contributed by atoms with van der Waals surface area (Å²) >= 11 is 1.58. The molecule has 3 aromatic carbocycles. The zero-order chi connectivity index (χ0) is 17.7. The lowest BCUT2D eigenvalue weighted by atomic mass is 10.0. The van der Waals surface area contributed by atoms with Crippen LogP contribution in [0.15, 0.2) is 78.2 Å². The zero-order valence-corrected chi connectivity index (χ0v) is 15.1. The molecule has 0 saturated carbocycles. The van der Waals surface area contributed by atoms with E-state index >= 15 is 0 Å². The van der Waals surface area contributed by atoms with Crippen molar-refractivity contribution >= 4 is 33.1 Å². The zero-order valence-electron chi connectivity index (χ0n) is 14.3. The Bertz CT molecular complexity index is 1210. The van der Waals surface area contributed by atoms with Crippen molar-refractivity contribution in [1.82, 2.24) is 4.57 Å². The highest BCUT2D eigenvalue weighted by Gasteiger charge is 2.19. The van der Waals surface area contributed by atoms with Crippen LogP contribution in [0.3, 0.4) is 0 Å². The molecule has 5 rings (SSSR count). The average molecular weight is 355 g/mol. The molecular formula is C23H17NOS. The second-order valence-electron chi connectivity index (χ2n) is 6.49. The Hall–Kier alpha value is -3.04. The van der Waals surface area contributed by atoms with Crippen LogP contribution in [0.5, 0.6) is 5.75 Å². The molecule has 0 aliphatic heterocycles. The fourth-order valence-corrected chi connectivity index (χ4v) is 4.70. The highest BCUT2D eigenvalue weighted by molar-refractivity contribution is 7.13. The van der Waals surface area contributed by atoms with Crippen molar-refractivity contribution in [2.75, 3.05) is 0 Å². The maximum absolute atomic E-state index is 11.1. The summed E-state index contributed by atoms with van der Waals surface area (Å²) in [5.74, 6) is 0.343. The first kappa shape index (κ1) is 15.2. The third kappa shape index (κ3) is 2.11. The van der Waals surface area contributed by atoms with E-state index in [0.29, 0.717) is 5.75 Å². The van der Waals surface area contributed by atoms with Gasteiger partial charge in [0.05, 0.1) is 11.0 Å². The lowest BCUT2D eigenvalue weighted by Gasteiger charge is -2.08. The lowest BCUT2D eigenvalue weighted by Crippen LogP contribution is -1.91. The summed E-state index contributed by atoms with van der Waals surface area (Å²) in [4.78, 5) is 0. The molecule has 0 atom stereocenters. The Labute approximate surface area is 155 Å². The van der Waals surface area contributed by atoms with E-state index in [9.17, 15) is 5.11 Å². The number of aromatic hydroxyl groups is 1. The van der Waals surface area contributed by atoms with Crippen molar-refractivity contribution < 1.29 is 5.11 Å². The maximum Gasteiger partial charge on any atom is 0.158 e. The third-order valence-electron chi connectivity index (χ3n) is 4.96. The highest BCUT2D eigenvalue weighted by atomic mass is 32.1. The standard InChI is InChI=1S/C23H17NOS/c1-15-8-2-3-9-16(15)19-14-26-23(22(19)25)24-20-12-6-4-10-17(20)18-11-5-7-13-21(18)24/h2-14,25H,1H3. The summed E-state index contributed by atoms with van der Waals surface area (Å²) in [7, 11) is 0. The Balaban J connectivity index is 1.83. The van der Waals surface area contributed by atoms with E-state index in [1.165, 1.54) is 10.8 Å². The Kier molecular flexibility index (Phi) is 3.37. The van der Waals surface area contributed by atoms with Crippen molar-refractivity contribution in [2.45, 2.75) is 6.92 Å². The molecule has 2 nitrogen and oxygen atoms in total. The molecule has 0 amide bonds. The molecule has 2 aromatic heterocycles. The van der Waals surface area contributed by atoms with Gasteiger partial charge in [0.25, 0.3) is 0 Å². The van der Waals surface area contributed by atoms with E-state index in [2.05, 4.69) is 65.4 Å². The number of nitrogens with zero attached hydrogens (tertiary/aromatic N) is 1. The van der Waals surface area contributed by atoms with Crippen LogP contribution in [0.4, 0.5) is 0 Å². The second-order valence-corrected chi connectivity index (χ2v) is 7.35. The predicted molar refractivity (Wildman–Crippen MR) is 110 cm³/mol. The van der Waals surface area contributed by atoms with Crippen molar-refractivity contribution in [3.8, 4) is 21.9 Å². The van der Waals surface area contributed by atoms with Crippen molar-refractivity contribution in [1.29, 1.82) is 0 Å². The summed E-state index contributed by atoms with van der Waals surface area (Å²) in [6.07, 6.45) is 0. The van der Waals surface area contributed by atoms with Gasteiger partial charge >= 0.3 is 0 Å². The van der Waals surface area contributed by atoms with Crippen LogP contribution in [0, 0.1) is 6.92 Å². The van der Waals surface area contributed by atoms with E-state index in [4.69, 9.17) is 0 Å². The second kappa shape index (κ2) is 5.75. The molecule has 0 aliphatic carbocycles. The van der Waals surface area contributed by atoms with Crippen LogP contribution in [-0.4, -0.2) is 9.67 Å². The summed E-state index contributed by atoms with van der Waals surface area (Å²) in [6, 6.07) is 24.9. The molecule has 0 unspecified atom stereocenters. The van der Waals surface area contributed by atoms with Crippen LogP contribution in [0.1, 0.15) is 5.56 Å². The van der Waals surface area contributed by atoms with Gasteiger partial charge in [0, 0.05) is 21.7 Å². The molecule has 0 saturated heterocycles. The Morgan fingerprint density at radius 2 is 1.31 bits per heavy atom. The SMILES string of the molecule is Cc1ccccc1-c1csc(-n2c3ccccc3c3ccccc32)c1O. The van der Waals surface area contributed by atoms with Crippen LogP contribution in [-0.2, 0) is 0 Å². The Morgan fingerprint density at radius 1 is 0.731 bits per heavy atom. The molecule has 0 spiro atoms. The molecular weight excluding hydrogens is 338 g/mol. The van der Waals surface area contributed by atoms with Gasteiger partial charge in [-0.1, -0.05) is 60.7 Å². The first-order chi connectivity index (χ1) is 12.8. The van der Waals surface area contributed by atoms with Crippen LogP contribution in [0.2, 0.25) is 0 Å². The van der Waals surface area contributed by atoms with Gasteiger partial charge in [-0.2, -0.15) is 0 Å². The Morgan fingerprint density at radius 3 is 1.96 bits per heavy atom. The summed E-state index contributed by atoms with van der Waals surface area (Å²) < 4.78 is 2.17. The van der Waals surface area contributed by atoms with E-state index < -0.39 is 0 Å². The smallest absolute Gasteiger partial charge is 0.158 e. The minimum atomic E-state index is 0.343. The van der Waals surface area contributed by atoms with Gasteiger partial charge < -0.3 is 5.11 Å². The van der Waals surface area contributed by atoms with E-state index in [1.54, 1.807) is 11.3 Å². The summed E-state index contributed by atoms with van der Waals surface area (Å²) in [5, 5.41) is 16.4. The fourth-order valence-electron chi connectivity index (χ4n) is 3.71. The van der Waals surface area contributed by atoms with Crippen molar-refractivity contribution in [3.05, 3.63) is 83.7 Å². The number of hydrogen-bond donors (Lipinski definition) is 1. The van der Waals surface area contributed by atoms with Crippen LogP contribution < -0.4 is 0 Å². The van der Waals surface area contributed by atoms with Gasteiger partial charge in [0.1, 0.15) is 5.00 Å². The van der Waals surface area contributed by atoms with Gasteiger partial charge in [-0.15, -0.1) is 11.3 Å². The van der Waals surface area contributed by atoms with Crippen molar-refractivity contribution in [2.24, 2.45) is 0 Å². The maximum atomic E-state index is 11.1. The van der Waals surface area contributed by atoms with E-state index in [-0.39, 0.29) is 0 Å². The number of benzene rings is 3. The molecule has 5 aromatic rings. The number of thiophene rings is 1. The number of aryl methyl sites for hydroxylation is 1. The number of hydrogen-bond acceptors (Lipinski definition) is 2. The van der Waals surface area contributed by atoms with Gasteiger partial charge in [0.2, 0.25) is 0 Å². The molecule has 1 N–H and O–H groups in total. The number of rotatable bonds is 2. The minimum Gasteiger partial charge on any atom is -0.504 e. The highest BCUT2D eigenvalue weighted by Crippen LogP contribution is 2.44. The summed E-state index contributed by atoms with van der Waals surface area (Å²) in [6.45, 7) is 2.08. The minimum absolute atomic E-state index is 0.343. The number of aromatic nitrogens is 1. The largest absolute Gasteiger partial charge is 0.504 e. The van der Waals surface area contributed by atoms with E-state index in [1.807, 2.05) is 24.3 Å².